The highest BCUT2D eigenvalue weighted by Crippen LogP contribution is 2.23. The lowest BCUT2D eigenvalue weighted by Gasteiger charge is -2.05. The van der Waals surface area contributed by atoms with E-state index in [4.69, 9.17) is 11.6 Å². The number of nitro benzene ring substituents is 1. The van der Waals surface area contributed by atoms with Gasteiger partial charge in [-0.3, -0.25) is 14.9 Å². The number of amides is 1. The number of non-ortho nitro benzene ring substituents is 1. The van der Waals surface area contributed by atoms with Crippen molar-refractivity contribution in [3.05, 3.63) is 68.2 Å². The highest BCUT2D eigenvalue weighted by molar-refractivity contribution is 7.18. The number of aromatic nitrogens is 1. The summed E-state index contributed by atoms with van der Waals surface area (Å²) in [6, 6.07) is 11.4. The second-order valence-electron chi connectivity index (χ2n) is 4.68. The lowest BCUT2D eigenvalue weighted by molar-refractivity contribution is -0.384. The molecule has 1 aromatic heterocycles. The summed E-state index contributed by atoms with van der Waals surface area (Å²) in [5.74, 6) is -0.474. The Morgan fingerprint density at radius 1 is 1.30 bits per heavy atom. The van der Waals surface area contributed by atoms with Gasteiger partial charge in [-0.25, -0.2) is 4.98 Å². The van der Waals surface area contributed by atoms with E-state index in [0.717, 1.165) is 21.3 Å². The number of nitro groups is 1. The largest absolute Gasteiger partial charge is 0.345 e. The van der Waals surface area contributed by atoms with Crippen molar-refractivity contribution < 1.29 is 9.72 Å². The fraction of sp³-hybridized carbons (Fsp3) is 0.0667. The van der Waals surface area contributed by atoms with Crippen LogP contribution in [0.5, 0.6) is 0 Å². The molecule has 0 bridgehead atoms. The molecule has 0 aliphatic rings. The standard InChI is InChI=1S/C15H10ClN3O3S/c16-11-6-5-9(19(21)22)7-10(11)15(20)17-8-14-18-12-3-1-2-4-13(12)23-14/h1-7H,8H2,(H,17,20). The van der Waals surface area contributed by atoms with E-state index in [2.05, 4.69) is 10.3 Å². The maximum Gasteiger partial charge on any atom is 0.270 e. The van der Waals surface area contributed by atoms with E-state index in [-0.39, 0.29) is 22.8 Å². The Bertz CT molecular complexity index is 877. The van der Waals surface area contributed by atoms with E-state index < -0.39 is 10.8 Å². The first-order chi connectivity index (χ1) is 11.0. The summed E-state index contributed by atoms with van der Waals surface area (Å²) in [7, 11) is 0. The number of nitrogens with zero attached hydrogens (tertiary/aromatic N) is 2. The van der Waals surface area contributed by atoms with E-state index >= 15 is 0 Å². The zero-order valence-electron chi connectivity index (χ0n) is 11.7. The molecule has 23 heavy (non-hydrogen) atoms. The summed E-state index contributed by atoms with van der Waals surface area (Å²) < 4.78 is 1.03. The minimum Gasteiger partial charge on any atom is -0.345 e. The molecule has 0 radical (unpaired) electrons. The van der Waals surface area contributed by atoms with Crippen LogP contribution in [0.4, 0.5) is 5.69 Å². The molecule has 2 aromatic carbocycles. The summed E-state index contributed by atoms with van der Waals surface area (Å²) >= 11 is 7.42. The molecule has 0 saturated heterocycles. The van der Waals surface area contributed by atoms with Gasteiger partial charge in [0.25, 0.3) is 11.6 Å². The summed E-state index contributed by atoms with van der Waals surface area (Å²) in [4.78, 5) is 26.8. The third kappa shape index (κ3) is 3.30. The minimum atomic E-state index is -0.569. The SMILES string of the molecule is O=C(NCc1nc2ccccc2s1)c1cc([N+](=O)[O-])ccc1Cl. The van der Waals surface area contributed by atoms with Crippen molar-refractivity contribution in [1.82, 2.24) is 10.3 Å². The molecule has 0 unspecified atom stereocenters. The van der Waals surface area contributed by atoms with Gasteiger partial charge in [-0.05, 0) is 18.2 Å². The Balaban J connectivity index is 1.76. The highest BCUT2D eigenvalue weighted by atomic mass is 35.5. The van der Waals surface area contributed by atoms with Gasteiger partial charge in [-0.15, -0.1) is 11.3 Å². The van der Waals surface area contributed by atoms with Crippen LogP contribution in [0, 0.1) is 10.1 Å². The Hall–Kier alpha value is -2.51. The molecule has 0 atom stereocenters. The van der Waals surface area contributed by atoms with Crippen molar-refractivity contribution in [2.75, 3.05) is 0 Å². The number of halogens is 1. The molecule has 6 nitrogen and oxygen atoms in total. The quantitative estimate of drug-likeness (QED) is 0.574. The van der Waals surface area contributed by atoms with Gasteiger partial charge in [0.15, 0.2) is 0 Å². The normalized spacial score (nSPS) is 10.7. The zero-order chi connectivity index (χ0) is 16.4. The zero-order valence-corrected chi connectivity index (χ0v) is 13.2. The molecular weight excluding hydrogens is 338 g/mol. The molecule has 0 aliphatic carbocycles. The highest BCUT2D eigenvalue weighted by Gasteiger charge is 2.16. The molecule has 3 aromatic rings. The molecule has 1 N–H and O–H groups in total. The molecule has 3 rings (SSSR count). The van der Waals surface area contributed by atoms with Crippen molar-refractivity contribution in [3.8, 4) is 0 Å². The molecule has 0 saturated carbocycles. The lowest BCUT2D eigenvalue weighted by atomic mass is 10.2. The predicted molar refractivity (Wildman–Crippen MR) is 88.9 cm³/mol. The average molecular weight is 348 g/mol. The van der Waals surface area contributed by atoms with E-state index in [1.807, 2.05) is 24.3 Å². The molecular formula is C15H10ClN3O3S. The number of nitrogens with one attached hydrogen (secondary N) is 1. The number of carbonyl (C=O) groups excluding carboxylic acids is 1. The fourth-order valence-electron chi connectivity index (χ4n) is 2.05. The average Bonchev–Trinajstić information content (AvgIpc) is 2.95. The second kappa shape index (κ2) is 6.31. The number of fused-ring (bicyclic) bond motifs is 1. The van der Waals surface area contributed by atoms with Gasteiger partial charge in [0.05, 0.1) is 32.3 Å². The predicted octanol–water partition coefficient (Wildman–Crippen LogP) is 3.79. The number of rotatable bonds is 4. The molecule has 1 heterocycles. The van der Waals surface area contributed by atoms with Crippen molar-refractivity contribution in [3.63, 3.8) is 0 Å². The first kappa shape index (κ1) is 15.4. The van der Waals surface area contributed by atoms with Gasteiger partial charge in [-0.2, -0.15) is 0 Å². The monoisotopic (exact) mass is 347 g/mol. The number of benzene rings is 2. The summed E-state index contributed by atoms with van der Waals surface area (Å²) in [5.41, 5.74) is 0.761. The van der Waals surface area contributed by atoms with Crippen LogP contribution in [0.1, 0.15) is 15.4 Å². The molecule has 8 heteroatoms. The van der Waals surface area contributed by atoms with Crippen molar-refractivity contribution in [2.24, 2.45) is 0 Å². The Morgan fingerprint density at radius 3 is 2.83 bits per heavy atom. The van der Waals surface area contributed by atoms with Gasteiger partial charge in [-0.1, -0.05) is 23.7 Å². The second-order valence-corrected chi connectivity index (χ2v) is 6.20. The van der Waals surface area contributed by atoms with Gasteiger partial charge >= 0.3 is 0 Å². The maximum atomic E-state index is 12.2. The Morgan fingerprint density at radius 2 is 2.09 bits per heavy atom. The number of carbonyl (C=O) groups is 1. The molecule has 0 aliphatic heterocycles. The van der Waals surface area contributed by atoms with Gasteiger partial charge in [0.2, 0.25) is 0 Å². The number of para-hydroxylation sites is 1. The summed E-state index contributed by atoms with van der Waals surface area (Å²) in [6.07, 6.45) is 0. The third-order valence-electron chi connectivity index (χ3n) is 3.14. The van der Waals surface area contributed by atoms with Crippen molar-refractivity contribution in [1.29, 1.82) is 0 Å². The van der Waals surface area contributed by atoms with Crippen LogP contribution in [0.15, 0.2) is 42.5 Å². The molecule has 1 amide bonds. The van der Waals surface area contributed by atoms with Gasteiger partial charge in [0, 0.05) is 12.1 Å². The van der Waals surface area contributed by atoms with E-state index in [1.54, 1.807) is 0 Å². The van der Waals surface area contributed by atoms with Crippen molar-refractivity contribution >= 4 is 44.7 Å². The molecule has 116 valence electrons. The topological polar surface area (TPSA) is 85.1 Å². The molecule has 0 spiro atoms. The van der Waals surface area contributed by atoms with Crippen LogP contribution >= 0.6 is 22.9 Å². The minimum absolute atomic E-state index is 0.0713. The van der Waals surface area contributed by atoms with Crippen molar-refractivity contribution in [2.45, 2.75) is 6.54 Å². The van der Waals surface area contributed by atoms with E-state index in [0.29, 0.717) is 0 Å². The van der Waals surface area contributed by atoms with Gasteiger partial charge < -0.3 is 5.32 Å². The van der Waals surface area contributed by atoms with Crippen LogP contribution in [-0.4, -0.2) is 15.8 Å². The van der Waals surface area contributed by atoms with Crippen LogP contribution in [0.25, 0.3) is 10.2 Å². The Kier molecular flexibility index (Phi) is 4.22. The summed E-state index contributed by atoms with van der Waals surface area (Å²) in [5, 5.41) is 14.4. The van der Waals surface area contributed by atoms with Crippen LogP contribution in [0.3, 0.4) is 0 Å². The van der Waals surface area contributed by atoms with Gasteiger partial charge in [0.1, 0.15) is 5.01 Å². The molecule has 0 fully saturated rings. The van der Waals surface area contributed by atoms with Crippen LogP contribution in [-0.2, 0) is 6.54 Å². The van der Waals surface area contributed by atoms with Crippen LogP contribution in [0.2, 0.25) is 5.02 Å². The number of hydrogen-bond acceptors (Lipinski definition) is 5. The number of hydrogen-bond donors (Lipinski definition) is 1. The van der Waals surface area contributed by atoms with E-state index in [1.165, 1.54) is 23.5 Å². The smallest absolute Gasteiger partial charge is 0.270 e. The maximum absolute atomic E-state index is 12.2. The lowest BCUT2D eigenvalue weighted by Crippen LogP contribution is -2.23. The first-order valence-corrected chi connectivity index (χ1v) is 7.80. The van der Waals surface area contributed by atoms with Crippen LogP contribution < -0.4 is 5.32 Å². The first-order valence-electron chi connectivity index (χ1n) is 6.61. The fourth-order valence-corrected chi connectivity index (χ4v) is 3.16. The third-order valence-corrected chi connectivity index (χ3v) is 4.51. The summed E-state index contributed by atoms with van der Waals surface area (Å²) in [6.45, 7) is 0.233. The number of thiazole rings is 1. The van der Waals surface area contributed by atoms with E-state index in [9.17, 15) is 14.9 Å². The Labute approximate surface area is 139 Å².